The quantitative estimate of drug-likeness (QED) is 0.719. The number of hydrogen-bond donors (Lipinski definition) is 0. The van der Waals surface area contributed by atoms with Gasteiger partial charge in [0.25, 0.3) is 0 Å². The van der Waals surface area contributed by atoms with Gasteiger partial charge in [0.2, 0.25) is 16.1 Å². The lowest BCUT2D eigenvalue weighted by molar-refractivity contribution is -0.147. The molecule has 0 radical (unpaired) electrons. The van der Waals surface area contributed by atoms with E-state index in [1.807, 2.05) is 0 Å². The van der Waals surface area contributed by atoms with Gasteiger partial charge in [0.1, 0.15) is 6.10 Å². The monoisotopic (exact) mass is 401 g/mol. The number of sulfonamides is 1. The Balaban J connectivity index is 1.83. The van der Waals surface area contributed by atoms with E-state index in [0.29, 0.717) is 13.1 Å². The molecular formula is C17H20ClNO6S. The summed E-state index contributed by atoms with van der Waals surface area (Å²) in [5.74, 6) is -1.46. The van der Waals surface area contributed by atoms with Crippen LogP contribution in [-0.2, 0) is 24.3 Å². The molecule has 0 aromatic heterocycles. The molecule has 0 spiro atoms. The Labute approximate surface area is 157 Å². The zero-order valence-corrected chi connectivity index (χ0v) is 15.9. The predicted molar refractivity (Wildman–Crippen MR) is 93.4 cm³/mol. The summed E-state index contributed by atoms with van der Waals surface area (Å²) in [5, 5.41) is 0.0620. The lowest BCUT2D eigenvalue weighted by atomic mass is 10.2. The Bertz CT molecular complexity index is 819. The lowest BCUT2D eigenvalue weighted by Crippen LogP contribution is -2.35. The number of benzene rings is 1. The third-order valence-corrected chi connectivity index (χ3v) is 6.71. The van der Waals surface area contributed by atoms with Crippen LogP contribution >= 0.6 is 11.6 Å². The summed E-state index contributed by atoms with van der Waals surface area (Å²) >= 11 is 6.05. The maximum absolute atomic E-state index is 12.8. The van der Waals surface area contributed by atoms with E-state index < -0.39 is 28.1 Å². The first-order valence-electron chi connectivity index (χ1n) is 8.50. The van der Waals surface area contributed by atoms with E-state index in [9.17, 15) is 18.0 Å². The number of hydrogen-bond acceptors (Lipinski definition) is 6. The van der Waals surface area contributed by atoms with E-state index in [-0.39, 0.29) is 28.0 Å². The molecule has 0 saturated carbocycles. The molecule has 142 valence electrons. The average molecular weight is 402 g/mol. The molecule has 0 unspecified atom stereocenters. The van der Waals surface area contributed by atoms with Crippen molar-refractivity contribution in [2.75, 3.05) is 13.1 Å². The third-order valence-electron chi connectivity index (χ3n) is 4.49. The summed E-state index contributed by atoms with van der Waals surface area (Å²) in [6.45, 7) is 2.61. The molecule has 9 heteroatoms. The SMILES string of the molecule is C[C@H]1C[C@@H](OC(=O)c2cc(S(=O)(=O)N3CCCCC3)ccc2Cl)C(=O)O1. The van der Waals surface area contributed by atoms with Gasteiger partial charge in [-0.2, -0.15) is 4.31 Å². The number of halogens is 1. The van der Waals surface area contributed by atoms with E-state index in [1.54, 1.807) is 6.92 Å². The molecule has 0 amide bonds. The summed E-state index contributed by atoms with van der Waals surface area (Å²) in [6.07, 6.45) is 1.54. The first-order chi connectivity index (χ1) is 12.3. The van der Waals surface area contributed by atoms with Gasteiger partial charge in [0.15, 0.2) is 0 Å². The normalized spacial score (nSPS) is 24.3. The van der Waals surface area contributed by atoms with Gasteiger partial charge in [-0.25, -0.2) is 18.0 Å². The van der Waals surface area contributed by atoms with Crippen LogP contribution in [0.2, 0.25) is 5.02 Å². The maximum Gasteiger partial charge on any atom is 0.347 e. The predicted octanol–water partition coefficient (Wildman–Crippen LogP) is 2.38. The molecule has 3 rings (SSSR count). The lowest BCUT2D eigenvalue weighted by Gasteiger charge is -2.26. The van der Waals surface area contributed by atoms with E-state index in [1.165, 1.54) is 22.5 Å². The molecule has 2 saturated heterocycles. The van der Waals surface area contributed by atoms with Crippen molar-refractivity contribution in [1.82, 2.24) is 4.31 Å². The summed E-state index contributed by atoms with van der Waals surface area (Å²) in [4.78, 5) is 24.0. The Morgan fingerprint density at radius 1 is 1.27 bits per heavy atom. The molecule has 0 N–H and O–H groups in total. The number of esters is 2. The fourth-order valence-electron chi connectivity index (χ4n) is 3.08. The summed E-state index contributed by atoms with van der Waals surface area (Å²) in [7, 11) is -3.71. The van der Waals surface area contributed by atoms with Crippen molar-refractivity contribution in [3.05, 3.63) is 28.8 Å². The number of carbonyl (C=O) groups is 2. The molecule has 2 heterocycles. The fraction of sp³-hybridized carbons (Fsp3) is 0.529. The highest BCUT2D eigenvalue weighted by atomic mass is 35.5. The summed E-state index contributed by atoms with van der Waals surface area (Å²) < 4.78 is 37.1. The largest absolute Gasteiger partial charge is 0.460 e. The maximum atomic E-state index is 12.8. The van der Waals surface area contributed by atoms with Crippen molar-refractivity contribution in [1.29, 1.82) is 0 Å². The van der Waals surface area contributed by atoms with Crippen LogP contribution in [0.5, 0.6) is 0 Å². The second kappa shape index (κ2) is 7.54. The zero-order valence-electron chi connectivity index (χ0n) is 14.3. The highest BCUT2D eigenvalue weighted by Crippen LogP contribution is 2.27. The van der Waals surface area contributed by atoms with Gasteiger partial charge in [-0.3, -0.25) is 0 Å². The molecular weight excluding hydrogens is 382 g/mol. The van der Waals surface area contributed by atoms with Gasteiger partial charge < -0.3 is 9.47 Å². The van der Waals surface area contributed by atoms with Crippen LogP contribution in [0.15, 0.2) is 23.1 Å². The second-order valence-electron chi connectivity index (χ2n) is 6.48. The van der Waals surface area contributed by atoms with Crippen molar-refractivity contribution in [3.63, 3.8) is 0 Å². The minimum absolute atomic E-state index is 0.0156. The van der Waals surface area contributed by atoms with Gasteiger partial charge in [0.05, 0.1) is 15.5 Å². The molecule has 26 heavy (non-hydrogen) atoms. The van der Waals surface area contributed by atoms with Crippen molar-refractivity contribution in [2.24, 2.45) is 0 Å². The molecule has 1 aromatic rings. The molecule has 7 nitrogen and oxygen atoms in total. The average Bonchev–Trinajstić information content (AvgIpc) is 2.93. The fourth-order valence-corrected chi connectivity index (χ4v) is 4.82. The summed E-state index contributed by atoms with van der Waals surface area (Å²) in [6, 6.07) is 3.93. The van der Waals surface area contributed by atoms with Crippen molar-refractivity contribution < 1.29 is 27.5 Å². The van der Waals surface area contributed by atoms with Gasteiger partial charge in [-0.1, -0.05) is 18.0 Å². The minimum Gasteiger partial charge on any atom is -0.460 e. The van der Waals surface area contributed by atoms with Crippen LogP contribution in [0.1, 0.15) is 43.0 Å². The highest BCUT2D eigenvalue weighted by Gasteiger charge is 2.36. The van der Waals surface area contributed by atoms with E-state index in [0.717, 1.165) is 19.3 Å². The van der Waals surface area contributed by atoms with Gasteiger partial charge >= 0.3 is 11.9 Å². The standard InChI is InChI=1S/C17H20ClNO6S/c1-11-9-15(17(21)24-11)25-16(20)13-10-12(5-6-14(13)18)26(22,23)19-7-3-2-4-8-19/h5-6,10-11,15H,2-4,7-9H2,1H3/t11-,15+/m0/s1. The smallest absolute Gasteiger partial charge is 0.347 e. The number of carbonyl (C=O) groups excluding carboxylic acids is 2. The third kappa shape index (κ3) is 3.87. The van der Waals surface area contributed by atoms with Crippen LogP contribution in [0.3, 0.4) is 0 Å². The van der Waals surface area contributed by atoms with E-state index >= 15 is 0 Å². The number of piperidine rings is 1. The zero-order chi connectivity index (χ0) is 18.9. The molecule has 0 bridgehead atoms. The molecule has 2 fully saturated rings. The van der Waals surface area contributed by atoms with E-state index in [2.05, 4.69) is 0 Å². The molecule has 2 aliphatic heterocycles. The molecule has 2 aliphatic rings. The number of rotatable bonds is 4. The van der Waals surface area contributed by atoms with Crippen LogP contribution in [-0.4, -0.2) is 50.0 Å². The van der Waals surface area contributed by atoms with Crippen molar-refractivity contribution >= 4 is 33.6 Å². The van der Waals surface area contributed by atoms with Crippen LogP contribution in [0.4, 0.5) is 0 Å². The Hall–Kier alpha value is -1.64. The Morgan fingerprint density at radius 3 is 2.58 bits per heavy atom. The van der Waals surface area contributed by atoms with Gasteiger partial charge in [-0.05, 0) is 38.0 Å². The van der Waals surface area contributed by atoms with Gasteiger partial charge in [-0.15, -0.1) is 0 Å². The van der Waals surface area contributed by atoms with Crippen LogP contribution in [0, 0.1) is 0 Å². The Morgan fingerprint density at radius 2 is 1.96 bits per heavy atom. The van der Waals surface area contributed by atoms with Crippen molar-refractivity contribution in [2.45, 2.75) is 49.7 Å². The number of nitrogens with zero attached hydrogens (tertiary/aromatic N) is 1. The van der Waals surface area contributed by atoms with Gasteiger partial charge in [0, 0.05) is 19.5 Å². The molecule has 0 aliphatic carbocycles. The minimum atomic E-state index is -3.71. The number of cyclic esters (lactones) is 1. The van der Waals surface area contributed by atoms with Crippen LogP contribution in [0.25, 0.3) is 0 Å². The topological polar surface area (TPSA) is 90.0 Å². The van der Waals surface area contributed by atoms with Crippen molar-refractivity contribution in [3.8, 4) is 0 Å². The first kappa shape index (κ1) is 19.1. The van der Waals surface area contributed by atoms with Crippen LogP contribution < -0.4 is 0 Å². The molecule has 1 aromatic carbocycles. The highest BCUT2D eigenvalue weighted by molar-refractivity contribution is 7.89. The number of ether oxygens (including phenoxy) is 2. The molecule has 2 atom stereocenters. The first-order valence-corrected chi connectivity index (χ1v) is 10.3. The summed E-state index contributed by atoms with van der Waals surface area (Å²) in [5.41, 5.74) is -0.0860. The second-order valence-corrected chi connectivity index (χ2v) is 8.83. The Kier molecular flexibility index (Phi) is 5.55. The van der Waals surface area contributed by atoms with E-state index in [4.69, 9.17) is 21.1 Å².